The molecule has 60 valence electrons. The summed E-state index contributed by atoms with van der Waals surface area (Å²) >= 11 is 0. The molecule has 1 fully saturated rings. The number of hydrogen-bond donors (Lipinski definition) is 1. The molecule has 0 amide bonds. The van der Waals surface area contributed by atoms with Crippen LogP contribution in [0, 0.1) is 0 Å². The lowest BCUT2D eigenvalue weighted by Crippen LogP contribution is -1.90. The van der Waals surface area contributed by atoms with E-state index in [0.29, 0.717) is 11.8 Å². The molecule has 1 aliphatic carbocycles. The maximum absolute atomic E-state index is 5.42. The van der Waals surface area contributed by atoms with Crippen LogP contribution < -0.4 is 5.73 Å². The van der Waals surface area contributed by atoms with Gasteiger partial charge in [-0.1, -0.05) is 18.0 Å². The van der Waals surface area contributed by atoms with E-state index in [-0.39, 0.29) is 0 Å². The first-order valence-corrected chi connectivity index (χ1v) is 4.08. The molecule has 0 aliphatic heterocycles. The SMILES string of the molecule is Nc1cc(C2CCCC2)no1. The van der Waals surface area contributed by atoms with E-state index in [0.717, 1.165) is 5.69 Å². The number of nitrogens with two attached hydrogens (primary N) is 1. The van der Waals surface area contributed by atoms with Gasteiger partial charge in [0.1, 0.15) is 0 Å². The third-order valence-corrected chi connectivity index (χ3v) is 2.32. The van der Waals surface area contributed by atoms with E-state index in [9.17, 15) is 0 Å². The molecular weight excluding hydrogens is 140 g/mol. The summed E-state index contributed by atoms with van der Waals surface area (Å²) < 4.78 is 4.80. The molecule has 1 heterocycles. The smallest absolute Gasteiger partial charge is 0.222 e. The van der Waals surface area contributed by atoms with Gasteiger partial charge >= 0.3 is 0 Å². The molecule has 0 atom stereocenters. The fraction of sp³-hybridized carbons (Fsp3) is 0.625. The standard InChI is InChI=1S/C8H12N2O/c9-8-5-7(10-11-8)6-3-1-2-4-6/h5-6H,1-4,9H2. The Morgan fingerprint density at radius 3 is 2.73 bits per heavy atom. The second-order valence-corrected chi connectivity index (χ2v) is 3.14. The summed E-state index contributed by atoms with van der Waals surface area (Å²) in [4.78, 5) is 0. The zero-order valence-corrected chi connectivity index (χ0v) is 6.42. The maximum atomic E-state index is 5.42. The lowest BCUT2D eigenvalue weighted by molar-refractivity contribution is 0.420. The van der Waals surface area contributed by atoms with Crippen LogP contribution in [0.15, 0.2) is 10.6 Å². The largest absolute Gasteiger partial charge is 0.368 e. The van der Waals surface area contributed by atoms with Crippen molar-refractivity contribution in [3.63, 3.8) is 0 Å². The summed E-state index contributed by atoms with van der Waals surface area (Å²) in [5.74, 6) is 1.04. The fourth-order valence-electron chi connectivity index (χ4n) is 1.72. The summed E-state index contributed by atoms with van der Waals surface area (Å²) in [6.45, 7) is 0. The number of nitrogens with zero attached hydrogens (tertiary/aromatic N) is 1. The van der Waals surface area contributed by atoms with Crippen LogP contribution in [0.4, 0.5) is 5.88 Å². The highest BCUT2D eigenvalue weighted by atomic mass is 16.5. The Morgan fingerprint density at radius 2 is 2.18 bits per heavy atom. The topological polar surface area (TPSA) is 52.0 Å². The second kappa shape index (κ2) is 2.57. The van der Waals surface area contributed by atoms with Gasteiger partial charge in [0.25, 0.3) is 0 Å². The predicted molar refractivity (Wildman–Crippen MR) is 42.1 cm³/mol. The molecule has 0 saturated heterocycles. The van der Waals surface area contributed by atoms with Gasteiger partial charge in [0.15, 0.2) is 0 Å². The van der Waals surface area contributed by atoms with Crippen molar-refractivity contribution in [3.8, 4) is 0 Å². The third-order valence-electron chi connectivity index (χ3n) is 2.32. The lowest BCUT2D eigenvalue weighted by Gasteiger charge is -2.00. The Kier molecular flexibility index (Phi) is 1.56. The number of rotatable bonds is 1. The quantitative estimate of drug-likeness (QED) is 0.668. The lowest BCUT2D eigenvalue weighted by atomic mass is 10.1. The van der Waals surface area contributed by atoms with Crippen molar-refractivity contribution >= 4 is 5.88 Å². The Hall–Kier alpha value is -0.990. The normalized spacial score (nSPS) is 19.3. The first-order chi connectivity index (χ1) is 5.36. The Labute approximate surface area is 65.6 Å². The van der Waals surface area contributed by atoms with Gasteiger partial charge in [-0.3, -0.25) is 0 Å². The molecule has 1 aromatic heterocycles. The minimum Gasteiger partial charge on any atom is -0.368 e. The molecule has 1 aromatic rings. The molecule has 0 radical (unpaired) electrons. The van der Waals surface area contributed by atoms with Crippen LogP contribution >= 0.6 is 0 Å². The monoisotopic (exact) mass is 152 g/mol. The maximum Gasteiger partial charge on any atom is 0.222 e. The molecule has 3 heteroatoms. The van der Waals surface area contributed by atoms with Crippen molar-refractivity contribution in [1.82, 2.24) is 5.16 Å². The second-order valence-electron chi connectivity index (χ2n) is 3.14. The average molecular weight is 152 g/mol. The number of hydrogen-bond acceptors (Lipinski definition) is 3. The van der Waals surface area contributed by atoms with Crippen molar-refractivity contribution in [2.24, 2.45) is 0 Å². The predicted octanol–water partition coefficient (Wildman–Crippen LogP) is 1.91. The van der Waals surface area contributed by atoms with Crippen molar-refractivity contribution in [1.29, 1.82) is 0 Å². The Balaban J connectivity index is 2.15. The van der Waals surface area contributed by atoms with Crippen LogP contribution in [0.3, 0.4) is 0 Å². The number of anilines is 1. The highest BCUT2D eigenvalue weighted by Crippen LogP contribution is 2.33. The molecule has 11 heavy (non-hydrogen) atoms. The van der Waals surface area contributed by atoms with Crippen LogP contribution in [0.2, 0.25) is 0 Å². The number of nitrogen functional groups attached to an aromatic ring is 1. The Morgan fingerprint density at radius 1 is 1.45 bits per heavy atom. The van der Waals surface area contributed by atoms with Crippen molar-refractivity contribution < 1.29 is 4.52 Å². The first-order valence-electron chi connectivity index (χ1n) is 4.08. The van der Waals surface area contributed by atoms with Crippen LogP contribution in [0.5, 0.6) is 0 Å². The van der Waals surface area contributed by atoms with Crippen molar-refractivity contribution in [2.75, 3.05) is 5.73 Å². The van der Waals surface area contributed by atoms with Gasteiger partial charge in [-0.25, -0.2) is 0 Å². The highest BCUT2D eigenvalue weighted by molar-refractivity contribution is 5.26. The molecule has 0 unspecified atom stereocenters. The van der Waals surface area contributed by atoms with E-state index in [1.165, 1.54) is 25.7 Å². The van der Waals surface area contributed by atoms with Crippen LogP contribution in [-0.4, -0.2) is 5.16 Å². The molecular formula is C8H12N2O. The van der Waals surface area contributed by atoms with Gasteiger partial charge in [-0.15, -0.1) is 0 Å². The molecule has 2 rings (SSSR count). The van der Waals surface area contributed by atoms with Crippen molar-refractivity contribution in [2.45, 2.75) is 31.6 Å². The molecule has 1 saturated carbocycles. The molecule has 1 aliphatic rings. The van der Waals surface area contributed by atoms with Gasteiger partial charge in [0, 0.05) is 12.0 Å². The molecule has 3 nitrogen and oxygen atoms in total. The van der Waals surface area contributed by atoms with E-state index >= 15 is 0 Å². The fourth-order valence-corrected chi connectivity index (χ4v) is 1.72. The van der Waals surface area contributed by atoms with E-state index in [4.69, 9.17) is 10.3 Å². The molecule has 2 N–H and O–H groups in total. The minimum atomic E-state index is 0.437. The highest BCUT2D eigenvalue weighted by Gasteiger charge is 2.19. The van der Waals surface area contributed by atoms with Gasteiger partial charge in [-0.05, 0) is 12.8 Å². The first kappa shape index (κ1) is 6.70. The average Bonchev–Trinajstić information content (AvgIpc) is 2.55. The molecule has 0 bridgehead atoms. The van der Waals surface area contributed by atoms with E-state index < -0.39 is 0 Å². The van der Waals surface area contributed by atoms with E-state index in [1.807, 2.05) is 6.07 Å². The molecule has 0 spiro atoms. The summed E-state index contributed by atoms with van der Waals surface area (Å²) in [6, 6.07) is 1.84. The molecule has 0 aromatic carbocycles. The van der Waals surface area contributed by atoms with Crippen molar-refractivity contribution in [3.05, 3.63) is 11.8 Å². The Bertz CT molecular complexity index is 238. The van der Waals surface area contributed by atoms with Gasteiger partial charge in [0.05, 0.1) is 5.69 Å². The summed E-state index contributed by atoms with van der Waals surface area (Å²) in [5, 5.41) is 3.90. The van der Waals surface area contributed by atoms with E-state index in [1.54, 1.807) is 0 Å². The summed E-state index contributed by atoms with van der Waals surface area (Å²) in [6.07, 6.45) is 5.12. The van der Waals surface area contributed by atoms with Gasteiger partial charge in [-0.2, -0.15) is 0 Å². The summed E-state index contributed by atoms with van der Waals surface area (Å²) in [7, 11) is 0. The number of aromatic nitrogens is 1. The zero-order chi connectivity index (χ0) is 7.68. The van der Waals surface area contributed by atoms with Crippen LogP contribution in [-0.2, 0) is 0 Å². The van der Waals surface area contributed by atoms with Crippen LogP contribution in [0.25, 0.3) is 0 Å². The van der Waals surface area contributed by atoms with E-state index in [2.05, 4.69) is 5.16 Å². The minimum absolute atomic E-state index is 0.437. The van der Waals surface area contributed by atoms with Gasteiger partial charge < -0.3 is 10.3 Å². The van der Waals surface area contributed by atoms with Crippen LogP contribution in [0.1, 0.15) is 37.3 Å². The zero-order valence-electron chi connectivity index (χ0n) is 6.42. The van der Waals surface area contributed by atoms with Gasteiger partial charge in [0.2, 0.25) is 5.88 Å². The third kappa shape index (κ3) is 1.23. The summed E-state index contributed by atoms with van der Waals surface area (Å²) in [5.41, 5.74) is 6.46.